The highest BCUT2D eigenvalue weighted by atomic mass is 79.9. The average molecular weight is 1340 g/mol. The zero-order valence-corrected chi connectivity index (χ0v) is 46.3. The van der Waals surface area contributed by atoms with E-state index >= 15 is 0 Å². The molecule has 0 saturated heterocycles. The zero-order valence-electron chi connectivity index (χ0n) is 36.1. The van der Waals surface area contributed by atoms with Crippen molar-refractivity contribution < 1.29 is 17.9 Å². The predicted octanol–water partition coefficient (Wildman–Crippen LogP) is 6.00. The Morgan fingerprint density at radius 1 is 0.571 bits per heavy atom. The fraction of sp³-hybridized carbons (Fsp3) is 0.0513. The first kappa shape index (κ1) is 58.2. The summed E-state index contributed by atoms with van der Waals surface area (Å²) in [4.78, 5) is 19.6. The standard InChI is InChI=1S/C11H9BrClN5.C7H7BrN4.C6H5ClN2.C5H4BrN5.C5H7BrN4.C5H6BrN3.ClH/c12-8-5-9(14)16-11(15)10(8)18-17-7-3-1-6(13)2-4-7;1-4-3-5(8)6-7(9-4)12(2)11-10-6;7-5-1-3-6(9-8)4-2-5;6-2-1-3(7)8-5-4(2)9-11-10-5;6-2-1-3(7)10-5(9)4(2)8;6-3-1-4(7)9-5(8)2-3;/h1-5H,(H4,14,15,16);3H,1-2H3;1-4,8H;1H,(H3,7,8,9,10,11);1H,8H2,(H4,7,9,10);1-2H,(H4,7,8,9);1H. The van der Waals surface area contributed by atoms with E-state index < -0.39 is 0 Å². The van der Waals surface area contributed by atoms with E-state index in [0.29, 0.717) is 76.3 Å². The van der Waals surface area contributed by atoms with Gasteiger partial charge in [0, 0.05) is 31.7 Å². The Morgan fingerprint density at radius 3 is 1.61 bits per heavy atom. The van der Waals surface area contributed by atoms with Gasteiger partial charge in [-0.3, -0.25) is 0 Å². The molecule has 0 saturated carbocycles. The summed E-state index contributed by atoms with van der Waals surface area (Å²) in [6.45, 7) is 1.94. The summed E-state index contributed by atoms with van der Waals surface area (Å²) in [5.41, 5.74) is 54.6. The summed E-state index contributed by atoms with van der Waals surface area (Å²) in [7, 11) is 1.83. The number of benzene rings is 2. The number of aromatic nitrogens is 11. The van der Waals surface area contributed by atoms with Gasteiger partial charge in [0.1, 0.15) is 57.3 Å². The molecule has 7 heterocycles. The Kier molecular flexibility index (Phi) is 23.2. The maximum absolute atomic E-state index is 5.77. The van der Waals surface area contributed by atoms with Gasteiger partial charge < -0.3 is 58.3 Å². The van der Waals surface area contributed by atoms with Crippen LogP contribution >= 0.6 is 103 Å². The molecule has 0 atom stereocenters. The van der Waals surface area contributed by atoms with Crippen LogP contribution in [-0.2, 0) is 7.05 Å². The molecule has 0 radical (unpaired) electrons. The Morgan fingerprint density at radius 2 is 1.07 bits per heavy atom. The van der Waals surface area contributed by atoms with E-state index in [1.54, 1.807) is 83.5 Å². The summed E-state index contributed by atoms with van der Waals surface area (Å²) >= 11 is 27.7. The molecule has 0 spiro atoms. The normalized spacial score (nSPS) is 10.1. The first-order valence-electron chi connectivity index (χ1n) is 18.8. The lowest BCUT2D eigenvalue weighted by Gasteiger charge is -2.02. The maximum Gasteiger partial charge on any atom is 0.204 e. The van der Waals surface area contributed by atoms with Crippen molar-refractivity contribution in [3.8, 4) is 0 Å². The highest BCUT2D eigenvalue weighted by Crippen LogP contribution is 2.33. The molecule has 0 aliphatic heterocycles. The minimum Gasteiger partial charge on any atom is -1.00 e. The van der Waals surface area contributed by atoms with Crippen LogP contribution in [-0.4, -0.2) is 55.3 Å². The molecule has 9 rings (SSSR count). The second-order valence-corrected chi connectivity index (χ2v) is 18.4. The molecule has 9 aromatic rings. The topological polar surface area (TPSA) is 408 Å². The van der Waals surface area contributed by atoms with Crippen molar-refractivity contribution in [3.63, 3.8) is 0 Å². The van der Waals surface area contributed by atoms with Crippen molar-refractivity contribution in [2.45, 2.75) is 6.92 Å². The number of nitrogen functional groups attached to an aromatic ring is 8. The summed E-state index contributed by atoms with van der Waals surface area (Å²) in [6, 6.07) is 24.2. The third kappa shape index (κ3) is 18.3. The second-order valence-electron chi connectivity index (χ2n) is 13.2. The number of hydrogen-bond donors (Lipinski definition) is 10. The number of pyridine rings is 5. The first-order chi connectivity index (χ1) is 32.6. The molecular formula is C39H39Br5Cl3N23. The van der Waals surface area contributed by atoms with Crippen molar-refractivity contribution in [2.24, 2.45) is 22.4 Å². The lowest BCUT2D eigenvalue weighted by atomic mass is 10.3. The van der Waals surface area contributed by atoms with Crippen LogP contribution in [0.1, 0.15) is 5.69 Å². The number of azo groups is 1. The van der Waals surface area contributed by atoms with Gasteiger partial charge in [-0.1, -0.05) is 44.3 Å². The number of anilines is 8. The quantitative estimate of drug-likeness (QED) is 0.0907. The molecule has 0 fully saturated rings. The Bertz CT molecular complexity index is 3100. The summed E-state index contributed by atoms with van der Waals surface area (Å²) in [6.07, 6.45) is 0. The SMILES string of the molecule is Cc1cc(Br)c2nnn(C)c2n1.Nc1cc(Br)c(N)c(N)n1.Nc1cc(Br)c(N=Nc2ccc(Cl)cc2)c(N)n1.Nc1cc(Br)c2n[nH]nc2n1.Nc1cc(Br)cc(N)n1.[Cl-].[NH2+]=Nc1ccc(Cl)cc1. The Hall–Kier alpha value is -6.14. The van der Waals surface area contributed by atoms with Crippen LogP contribution in [0.3, 0.4) is 0 Å². The van der Waals surface area contributed by atoms with Crippen LogP contribution in [0.2, 0.25) is 10.0 Å². The molecule has 23 nitrogen and oxygen atoms in total. The van der Waals surface area contributed by atoms with Crippen molar-refractivity contribution in [1.29, 1.82) is 0 Å². The third-order valence-corrected chi connectivity index (χ3v) is 11.3. The number of H-pyrrole nitrogens is 1. The fourth-order valence-corrected chi connectivity index (χ4v) is 7.55. The van der Waals surface area contributed by atoms with Crippen molar-refractivity contribution >= 4 is 189 Å². The number of fused-ring (bicyclic) bond motifs is 2. The lowest BCUT2D eigenvalue weighted by Crippen LogP contribution is -3.00. The molecule has 0 amide bonds. The van der Waals surface area contributed by atoms with Gasteiger partial charge in [-0.05, 0) is 161 Å². The fourth-order valence-electron chi connectivity index (χ4n) is 4.79. The van der Waals surface area contributed by atoms with Crippen LogP contribution < -0.4 is 63.8 Å². The molecule has 19 N–H and O–H groups in total. The van der Waals surface area contributed by atoms with Gasteiger partial charge in [-0.15, -0.1) is 15.3 Å². The molecule has 0 aliphatic rings. The second kappa shape index (κ2) is 27.9. The van der Waals surface area contributed by atoms with Gasteiger partial charge >= 0.3 is 0 Å². The van der Waals surface area contributed by atoms with E-state index in [2.05, 4.69) is 146 Å². The minimum absolute atomic E-state index is 0. The molecule has 70 heavy (non-hydrogen) atoms. The first-order valence-corrected chi connectivity index (χ1v) is 23.5. The third-order valence-electron chi connectivity index (χ3n) is 7.85. The lowest BCUT2D eigenvalue weighted by molar-refractivity contribution is -0.210. The van der Waals surface area contributed by atoms with E-state index in [9.17, 15) is 0 Å². The van der Waals surface area contributed by atoms with E-state index in [1.165, 1.54) is 0 Å². The number of nitrogens with two attached hydrogens (primary N) is 9. The zero-order chi connectivity index (χ0) is 50.9. The van der Waals surface area contributed by atoms with Crippen LogP contribution in [0.25, 0.3) is 22.3 Å². The number of aryl methyl sites for hydroxylation is 2. The predicted molar refractivity (Wildman–Crippen MR) is 290 cm³/mol. The maximum atomic E-state index is 5.77. The Balaban J connectivity index is 0.000000226. The molecule has 2 aromatic carbocycles. The average Bonchev–Trinajstić information content (AvgIpc) is 3.91. The summed E-state index contributed by atoms with van der Waals surface area (Å²) in [5, 5.41) is 30.8. The molecule has 0 aliphatic carbocycles. The summed E-state index contributed by atoms with van der Waals surface area (Å²) in [5.74, 6) is 2.46. The van der Waals surface area contributed by atoms with Crippen molar-refractivity contribution in [1.82, 2.24) is 55.3 Å². The number of hydrogen-bond acceptors (Lipinski definition) is 20. The number of nitrogens with one attached hydrogen (secondary N) is 1. The van der Waals surface area contributed by atoms with Gasteiger partial charge in [0.15, 0.2) is 11.5 Å². The summed E-state index contributed by atoms with van der Waals surface area (Å²) < 4.78 is 5.58. The largest absolute Gasteiger partial charge is 1.00 e. The smallest absolute Gasteiger partial charge is 0.204 e. The highest BCUT2D eigenvalue weighted by Gasteiger charge is 2.09. The minimum atomic E-state index is 0. The van der Waals surface area contributed by atoms with E-state index in [0.717, 1.165) is 36.0 Å². The molecular weight excluding hydrogens is 1300 g/mol. The highest BCUT2D eigenvalue weighted by molar-refractivity contribution is 9.11. The monoisotopic (exact) mass is 1330 g/mol. The van der Waals surface area contributed by atoms with Gasteiger partial charge in [0.25, 0.3) is 0 Å². The number of aromatic amines is 1. The van der Waals surface area contributed by atoms with Gasteiger partial charge in [-0.25, -0.2) is 29.6 Å². The van der Waals surface area contributed by atoms with Crippen LogP contribution in [0.15, 0.2) is 123 Å². The molecule has 31 heteroatoms. The van der Waals surface area contributed by atoms with Crippen LogP contribution in [0.4, 0.5) is 63.5 Å². The molecule has 366 valence electrons. The van der Waals surface area contributed by atoms with E-state index in [4.69, 9.17) is 74.6 Å². The van der Waals surface area contributed by atoms with Crippen molar-refractivity contribution in [3.05, 3.63) is 123 Å². The van der Waals surface area contributed by atoms with Gasteiger partial charge in [0.2, 0.25) is 5.65 Å². The van der Waals surface area contributed by atoms with Crippen molar-refractivity contribution in [2.75, 3.05) is 45.9 Å². The molecule has 0 bridgehead atoms. The molecule has 0 unspecified atom stereocenters. The van der Waals surface area contributed by atoms with Gasteiger partial charge in [0.05, 0.1) is 24.8 Å². The van der Waals surface area contributed by atoms with Gasteiger partial charge in [-0.2, -0.15) is 21.0 Å². The number of nitrogens with zero attached hydrogens (tertiary/aromatic N) is 13. The molecule has 7 aromatic heterocycles. The van der Waals surface area contributed by atoms with E-state index in [-0.39, 0.29) is 24.0 Å². The van der Waals surface area contributed by atoms with Crippen LogP contribution in [0, 0.1) is 6.92 Å². The van der Waals surface area contributed by atoms with E-state index in [1.807, 2.05) is 20.0 Å². The Labute approximate surface area is 456 Å². The number of rotatable bonds is 3. The number of halogens is 8. The van der Waals surface area contributed by atoms with Crippen LogP contribution in [0.5, 0.6) is 0 Å².